The number of nitrogens with two attached hydrogens (primary N) is 1. The molecule has 2 fully saturated rings. The molecule has 0 radical (unpaired) electrons. The van der Waals surface area contributed by atoms with E-state index in [4.69, 9.17) is 19.9 Å². The number of nitrogens with one attached hydrogen (secondary N) is 1. The molecule has 3 N–H and O–H groups in total. The number of carbonyl (C=O) groups is 1. The summed E-state index contributed by atoms with van der Waals surface area (Å²) in [6.45, 7) is 1.03. The van der Waals surface area contributed by atoms with Gasteiger partial charge < -0.3 is 19.9 Å². The SMILES string of the molecule is COc1ccc(OC)c(NC(=O)OC2CC3CCCC(C2)N3CCc2ccc(N)cc2)c1. The summed E-state index contributed by atoms with van der Waals surface area (Å²) < 4.78 is 16.4. The standard InChI is InChI=1S/C25H33N3O4/c1-30-21-10-11-24(31-2)23(16-21)27-25(29)32-22-14-19-4-3-5-20(15-22)28(19)13-12-17-6-8-18(26)9-7-17/h6-11,16,19-20,22H,3-5,12-15,26H2,1-2H3,(H,27,29). The van der Waals surface area contributed by atoms with Crippen LogP contribution in [-0.4, -0.2) is 49.9 Å². The second-order valence-corrected chi connectivity index (χ2v) is 8.66. The number of methoxy groups -OCH3 is 2. The number of anilines is 2. The summed E-state index contributed by atoms with van der Waals surface area (Å²) in [5.74, 6) is 1.21. The van der Waals surface area contributed by atoms with Gasteiger partial charge in [0.2, 0.25) is 0 Å². The Kier molecular flexibility index (Phi) is 7.05. The largest absolute Gasteiger partial charge is 0.497 e. The Labute approximate surface area is 189 Å². The molecule has 2 bridgehead atoms. The van der Waals surface area contributed by atoms with Gasteiger partial charge in [0.05, 0.1) is 19.9 Å². The quantitative estimate of drug-likeness (QED) is 0.620. The molecular formula is C25H33N3O4. The van der Waals surface area contributed by atoms with Crippen LogP contribution in [0.4, 0.5) is 16.2 Å². The fraction of sp³-hybridized carbons (Fsp3) is 0.480. The molecule has 2 aromatic carbocycles. The van der Waals surface area contributed by atoms with Crippen molar-refractivity contribution in [2.75, 3.05) is 31.8 Å². The zero-order chi connectivity index (χ0) is 22.5. The lowest BCUT2D eigenvalue weighted by Crippen LogP contribution is -2.54. The van der Waals surface area contributed by atoms with Crippen molar-refractivity contribution in [3.8, 4) is 11.5 Å². The predicted octanol–water partition coefficient (Wildman–Crippen LogP) is 4.46. The van der Waals surface area contributed by atoms with Crippen LogP contribution in [0.15, 0.2) is 42.5 Å². The van der Waals surface area contributed by atoms with Crippen LogP contribution in [0.2, 0.25) is 0 Å². The lowest BCUT2D eigenvalue weighted by Gasteiger charge is -2.48. The molecule has 0 aromatic heterocycles. The molecule has 2 saturated heterocycles. The van der Waals surface area contributed by atoms with Gasteiger partial charge in [-0.1, -0.05) is 18.6 Å². The second kappa shape index (κ2) is 10.1. The summed E-state index contributed by atoms with van der Waals surface area (Å²) in [4.78, 5) is 15.3. The number of piperidine rings is 2. The van der Waals surface area contributed by atoms with Crippen LogP contribution in [0, 0.1) is 0 Å². The third kappa shape index (κ3) is 5.27. The molecule has 7 nitrogen and oxygen atoms in total. The monoisotopic (exact) mass is 439 g/mol. The van der Waals surface area contributed by atoms with Crippen LogP contribution < -0.4 is 20.5 Å². The highest BCUT2D eigenvalue weighted by molar-refractivity contribution is 5.87. The molecule has 2 heterocycles. The molecule has 2 aliphatic heterocycles. The summed E-state index contributed by atoms with van der Waals surface area (Å²) >= 11 is 0. The van der Waals surface area contributed by atoms with Gasteiger partial charge in [-0.05, 0) is 49.1 Å². The van der Waals surface area contributed by atoms with Crippen LogP contribution >= 0.6 is 0 Å². The number of hydrogen-bond acceptors (Lipinski definition) is 6. The third-order valence-corrected chi connectivity index (χ3v) is 6.64. The van der Waals surface area contributed by atoms with Crippen LogP contribution in [0.3, 0.4) is 0 Å². The fourth-order valence-electron chi connectivity index (χ4n) is 5.03. The zero-order valence-corrected chi connectivity index (χ0v) is 18.9. The molecule has 0 aliphatic carbocycles. The van der Waals surface area contributed by atoms with Crippen molar-refractivity contribution in [2.24, 2.45) is 0 Å². The minimum atomic E-state index is -0.449. The van der Waals surface area contributed by atoms with Gasteiger partial charge in [-0.15, -0.1) is 0 Å². The van der Waals surface area contributed by atoms with Gasteiger partial charge in [-0.3, -0.25) is 10.2 Å². The van der Waals surface area contributed by atoms with Gasteiger partial charge >= 0.3 is 6.09 Å². The summed E-state index contributed by atoms with van der Waals surface area (Å²) in [5.41, 5.74) is 8.45. The number of amides is 1. The highest BCUT2D eigenvalue weighted by atomic mass is 16.6. The van der Waals surface area contributed by atoms with Crippen molar-refractivity contribution in [1.82, 2.24) is 4.90 Å². The van der Waals surface area contributed by atoms with Gasteiger partial charge in [0, 0.05) is 43.2 Å². The Bertz CT molecular complexity index is 904. The van der Waals surface area contributed by atoms with E-state index in [1.54, 1.807) is 32.4 Å². The van der Waals surface area contributed by atoms with E-state index in [0.29, 0.717) is 29.3 Å². The number of carbonyl (C=O) groups excluding carboxylic acids is 1. The van der Waals surface area contributed by atoms with Crippen molar-refractivity contribution in [2.45, 2.75) is 56.7 Å². The van der Waals surface area contributed by atoms with Crippen molar-refractivity contribution < 1.29 is 19.0 Å². The Morgan fingerprint density at radius 2 is 1.78 bits per heavy atom. The van der Waals surface area contributed by atoms with Crippen molar-refractivity contribution in [3.05, 3.63) is 48.0 Å². The molecule has 4 rings (SSSR count). The number of ether oxygens (including phenoxy) is 3. The van der Waals surface area contributed by atoms with E-state index in [1.807, 2.05) is 12.1 Å². The van der Waals surface area contributed by atoms with Crippen LogP contribution in [-0.2, 0) is 11.2 Å². The molecule has 2 aromatic rings. The number of benzene rings is 2. The fourth-order valence-corrected chi connectivity index (χ4v) is 5.03. The van der Waals surface area contributed by atoms with E-state index in [2.05, 4.69) is 22.3 Å². The number of hydrogen-bond donors (Lipinski definition) is 2. The normalized spacial score (nSPS) is 22.8. The zero-order valence-electron chi connectivity index (χ0n) is 18.9. The third-order valence-electron chi connectivity index (χ3n) is 6.64. The summed E-state index contributed by atoms with van der Waals surface area (Å²) in [6.07, 6.45) is 5.79. The van der Waals surface area contributed by atoms with Gasteiger partial charge in [0.1, 0.15) is 17.6 Å². The first-order chi connectivity index (χ1) is 15.6. The lowest BCUT2D eigenvalue weighted by atomic mass is 9.82. The molecule has 2 aliphatic rings. The van der Waals surface area contributed by atoms with Gasteiger partial charge in [-0.25, -0.2) is 4.79 Å². The molecular weight excluding hydrogens is 406 g/mol. The van der Waals surface area contributed by atoms with Gasteiger partial charge in [0.25, 0.3) is 0 Å². The Morgan fingerprint density at radius 1 is 1.06 bits per heavy atom. The van der Waals surface area contributed by atoms with Crippen LogP contribution in [0.25, 0.3) is 0 Å². The molecule has 172 valence electrons. The van der Waals surface area contributed by atoms with E-state index < -0.39 is 6.09 Å². The first-order valence-electron chi connectivity index (χ1n) is 11.4. The van der Waals surface area contributed by atoms with E-state index in [0.717, 1.165) is 44.3 Å². The second-order valence-electron chi connectivity index (χ2n) is 8.66. The highest BCUT2D eigenvalue weighted by Gasteiger charge is 2.39. The Balaban J connectivity index is 1.34. The molecule has 0 saturated carbocycles. The number of rotatable bonds is 7. The maximum atomic E-state index is 12.6. The Morgan fingerprint density at radius 3 is 2.44 bits per heavy atom. The number of nitrogens with zero attached hydrogens (tertiary/aromatic N) is 1. The molecule has 7 heteroatoms. The van der Waals surface area contributed by atoms with E-state index in [9.17, 15) is 4.79 Å². The first-order valence-corrected chi connectivity index (χ1v) is 11.4. The van der Waals surface area contributed by atoms with Crippen molar-refractivity contribution >= 4 is 17.5 Å². The van der Waals surface area contributed by atoms with E-state index >= 15 is 0 Å². The smallest absolute Gasteiger partial charge is 0.412 e. The minimum Gasteiger partial charge on any atom is -0.497 e. The summed E-state index contributed by atoms with van der Waals surface area (Å²) in [6, 6.07) is 14.3. The first kappa shape index (κ1) is 22.3. The van der Waals surface area contributed by atoms with Gasteiger partial charge in [-0.2, -0.15) is 0 Å². The minimum absolute atomic E-state index is 0.0744. The van der Waals surface area contributed by atoms with Gasteiger partial charge in [0.15, 0.2) is 0 Å². The summed E-state index contributed by atoms with van der Waals surface area (Å²) in [5, 5.41) is 2.82. The maximum Gasteiger partial charge on any atom is 0.412 e. The average molecular weight is 440 g/mol. The molecule has 0 spiro atoms. The predicted molar refractivity (Wildman–Crippen MR) is 125 cm³/mol. The molecule has 1 amide bonds. The summed E-state index contributed by atoms with van der Waals surface area (Å²) in [7, 11) is 3.16. The highest BCUT2D eigenvalue weighted by Crippen LogP contribution is 2.36. The molecule has 2 atom stereocenters. The van der Waals surface area contributed by atoms with Crippen LogP contribution in [0.5, 0.6) is 11.5 Å². The molecule has 2 unspecified atom stereocenters. The maximum absolute atomic E-state index is 12.6. The van der Waals surface area contributed by atoms with Crippen molar-refractivity contribution in [3.63, 3.8) is 0 Å². The number of nitrogen functional groups attached to an aromatic ring is 1. The average Bonchev–Trinajstić information content (AvgIpc) is 2.78. The Hall–Kier alpha value is -2.93. The topological polar surface area (TPSA) is 86.1 Å². The van der Waals surface area contributed by atoms with Crippen LogP contribution in [0.1, 0.15) is 37.7 Å². The number of fused-ring (bicyclic) bond motifs is 2. The lowest BCUT2D eigenvalue weighted by molar-refractivity contribution is -0.0295. The van der Waals surface area contributed by atoms with E-state index in [1.165, 1.54) is 12.0 Å². The molecule has 32 heavy (non-hydrogen) atoms. The van der Waals surface area contributed by atoms with E-state index in [-0.39, 0.29) is 6.10 Å². The van der Waals surface area contributed by atoms with Crippen molar-refractivity contribution in [1.29, 1.82) is 0 Å².